The van der Waals surface area contributed by atoms with Gasteiger partial charge in [0, 0.05) is 27.7 Å². The highest BCUT2D eigenvalue weighted by molar-refractivity contribution is 5.99. The third-order valence-corrected chi connectivity index (χ3v) is 18.7. The Morgan fingerprint density at radius 2 is 0.807 bits per heavy atom. The van der Waals surface area contributed by atoms with Gasteiger partial charge in [0.2, 0.25) is 0 Å². The molecule has 422 valence electrons. The van der Waals surface area contributed by atoms with E-state index in [9.17, 15) is 9.59 Å². The summed E-state index contributed by atoms with van der Waals surface area (Å²) in [5.41, 5.74) is 21.0. The van der Waals surface area contributed by atoms with Crippen LogP contribution in [-0.2, 0) is 64.6 Å². The molecule has 13 rings (SSSR count). The molecule has 6 heteroatoms. The molecule has 4 aliphatic heterocycles. The third kappa shape index (κ3) is 8.15. The van der Waals surface area contributed by atoms with Crippen molar-refractivity contribution in [2.75, 3.05) is 0 Å². The van der Waals surface area contributed by atoms with E-state index < -0.39 is 11.2 Å². The van der Waals surface area contributed by atoms with Gasteiger partial charge in [-0.1, -0.05) is 169 Å². The molecule has 2 spiro atoms. The van der Waals surface area contributed by atoms with Gasteiger partial charge >= 0.3 is 11.9 Å². The second-order valence-corrected chi connectivity index (χ2v) is 26.6. The average Bonchev–Trinajstić information content (AvgIpc) is 2.29. The lowest BCUT2D eigenvalue weighted by Crippen LogP contribution is -2.35. The first-order valence-corrected chi connectivity index (χ1v) is 30.8. The summed E-state index contributed by atoms with van der Waals surface area (Å²) in [5.74, 6) is 2.31. The zero-order valence-corrected chi connectivity index (χ0v) is 50.7. The van der Waals surface area contributed by atoms with Crippen LogP contribution in [0.3, 0.4) is 0 Å². The van der Waals surface area contributed by atoms with Crippen LogP contribution >= 0.6 is 0 Å². The van der Waals surface area contributed by atoms with Gasteiger partial charge in [-0.05, 0) is 201 Å². The lowest BCUT2D eigenvalue weighted by molar-refractivity contribution is 0.0211. The number of fused-ring (bicyclic) bond motifs is 15. The zero-order valence-electron chi connectivity index (χ0n) is 50.7. The average molecular weight is 1100 g/mol. The molecule has 0 aromatic heterocycles. The molecular weight excluding hydrogens is 1020 g/mol. The molecule has 1 aliphatic carbocycles. The standard InChI is InChI=1S/C77H78O6/c1-13-35-75(36-14-2)59-39-49(67-47(15-3)41-65-69(51(67)17-5)76(57-25-21-19-23-55(57)71(78)82-76)61-37-45(43-73(7,8)9)27-33-63(61)80-65)29-31-53(59)54-32-30-50(40-60(54)75)68-48(16-4)42-66-70(52(68)18-6)77(58-26-22-20-24-56(58)72(79)83-77)62-38-46(44-74(10,11)12)28-34-64(62)81-66/h19-34,37-42H,13-18,35-36,43-44H2,1-12H3. The Morgan fingerprint density at radius 1 is 0.398 bits per heavy atom. The summed E-state index contributed by atoms with van der Waals surface area (Å²) in [6.45, 7) is 27.2. The minimum Gasteiger partial charge on any atom is -0.456 e. The smallest absolute Gasteiger partial charge is 0.340 e. The number of benzene rings is 8. The molecule has 8 aromatic rings. The largest absolute Gasteiger partial charge is 0.456 e. The lowest BCUT2D eigenvalue weighted by Gasteiger charge is -2.40. The van der Waals surface area contributed by atoms with Crippen LogP contribution in [0.4, 0.5) is 0 Å². The Bertz CT molecular complexity index is 3770. The predicted octanol–water partition coefficient (Wildman–Crippen LogP) is 19.5. The molecule has 0 saturated heterocycles. The molecule has 0 amide bonds. The van der Waals surface area contributed by atoms with Crippen molar-refractivity contribution in [1.82, 2.24) is 0 Å². The molecule has 2 atom stereocenters. The Balaban J connectivity index is 1.000. The van der Waals surface area contributed by atoms with Gasteiger partial charge in [0.25, 0.3) is 0 Å². The number of hydrogen-bond acceptors (Lipinski definition) is 6. The lowest BCUT2D eigenvalue weighted by atomic mass is 9.69. The summed E-state index contributed by atoms with van der Waals surface area (Å²) < 4.78 is 28.1. The van der Waals surface area contributed by atoms with E-state index in [0.717, 1.165) is 119 Å². The number of carbonyl (C=O) groups excluding carboxylic acids is 2. The van der Waals surface area contributed by atoms with E-state index in [1.807, 2.05) is 36.4 Å². The van der Waals surface area contributed by atoms with Gasteiger partial charge in [0.05, 0.1) is 22.3 Å². The van der Waals surface area contributed by atoms with Crippen molar-refractivity contribution in [2.45, 2.75) is 164 Å². The van der Waals surface area contributed by atoms with Gasteiger partial charge in [0.15, 0.2) is 11.2 Å². The summed E-state index contributed by atoms with van der Waals surface area (Å²) in [6, 6.07) is 48.0. The minimum absolute atomic E-state index is 0.0400. The quantitative estimate of drug-likeness (QED) is 0.114. The summed E-state index contributed by atoms with van der Waals surface area (Å²) in [5, 5.41) is 0. The van der Waals surface area contributed by atoms with Crippen LogP contribution in [-0.4, -0.2) is 11.9 Å². The molecular formula is C77H78O6. The number of hydrogen-bond donors (Lipinski definition) is 0. The van der Waals surface area contributed by atoms with Crippen molar-refractivity contribution in [3.8, 4) is 56.4 Å². The maximum absolute atomic E-state index is 14.4. The number of ether oxygens (including phenoxy) is 4. The second-order valence-electron chi connectivity index (χ2n) is 26.6. The van der Waals surface area contributed by atoms with Crippen molar-refractivity contribution in [3.63, 3.8) is 0 Å². The van der Waals surface area contributed by atoms with Crippen LogP contribution in [0.5, 0.6) is 23.0 Å². The highest BCUT2D eigenvalue weighted by Gasteiger charge is 2.57. The molecule has 6 nitrogen and oxygen atoms in total. The maximum atomic E-state index is 14.4. The number of esters is 2. The first-order chi connectivity index (χ1) is 39.9. The summed E-state index contributed by atoms with van der Waals surface area (Å²) in [7, 11) is 0. The van der Waals surface area contributed by atoms with Crippen molar-refractivity contribution in [2.24, 2.45) is 10.8 Å². The zero-order chi connectivity index (χ0) is 58.1. The monoisotopic (exact) mass is 1100 g/mol. The van der Waals surface area contributed by atoms with Gasteiger partial charge in [-0.15, -0.1) is 0 Å². The van der Waals surface area contributed by atoms with E-state index in [1.54, 1.807) is 0 Å². The molecule has 0 radical (unpaired) electrons. The first-order valence-electron chi connectivity index (χ1n) is 30.8. The Labute approximate surface area is 491 Å². The molecule has 5 aliphatic rings. The van der Waals surface area contributed by atoms with Crippen LogP contribution < -0.4 is 9.47 Å². The fraction of sp³-hybridized carbons (Fsp3) is 0.351. The van der Waals surface area contributed by atoms with E-state index >= 15 is 0 Å². The fourth-order valence-corrected chi connectivity index (χ4v) is 15.8. The van der Waals surface area contributed by atoms with E-state index in [1.165, 1.54) is 66.8 Å². The molecule has 8 aromatic carbocycles. The van der Waals surface area contributed by atoms with E-state index in [0.29, 0.717) is 24.0 Å². The van der Waals surface area contributed by atoms with Crippen LogP contribution in [0.25, 0.3) is 33.4 Å². The van der Waals surface area contributed by atoms with Crippen LogP contribution in [0.1, 0.15) is 207 Å². The van der Waals surface area contributed by atoms with Crippen molar-refractivity contribution in [3.05, 3.63) is 222 Å². The van der Waals surface area contributed by atoms with Crippen molar-refractivity contribution >= 4 is 11.9 Å². The van der Waals surface area contributed by atoms with Gasteiger partial charge in [-0.25, -0.2) is 9.59 Å². The van der Waals surface area contributed by atoms with E-state index in [-0.39, 0.29) is 28.2 Å². The number of aryl methyl sites for hydroxylation is 2. The summed E-state index contributed by atoms with van der Waals surface area (Å²) in [4.78, 5) is 28.7. The van der Waals surface area contributed by atoms with Gasteiger partial charge in [-0.3, -0.25) is 0 Å². The third-order valence-electron chi connectivity index (χ3n) is 18.7. The molecule has 0 saturated carbocycles. The van der Waals surface area contributed by atoms with Gasteiger partial charge in [-0.2, -0.15) is 0 Å². The molecule has 2 unspecified atom stereocenters. The molecule has 83 heavy (non-hydrogen) atoms. The topological polar surface area (TPSA) is 71.1 Å². The highest BCUT2D eigenvalue weighted by Crippen LogP contribution is 2.63. The minimum atomic E-state index is -1.20. The summed E-state index contributed by atoms with van der Waals surface area (Å²) >= 11 is 0. The number of rotatable bonds is 12. The normalized spacial score (nSPS) is 18.3. The Kier molecular flexibility index (Phi) is 13.0. The molecule has 0 N–H and O–H groups in total. The van der Waals surface area contributed by atoms with Crippen molar-refractivity contribution < 1.29 is 28.5 Å². The van der Waals surface area contributed by atoms with Crippen molar-refractivity contribution in [1.29, 1.82) is 0 Å². The molecule has 0 bridgehead atoms. The fourth-order valence-electron chi connectivity index (χ4n) is 15.8. The second kappa shape index (κ2) is 19.7. The predicted molar refractivity (Wildman–Crippen MR) is 334 cm³/mol. The Morgan fingerprint density at radius 3 is 1.18 bits per heavy atom. The molecule has 0 fully saturated rings. The van der Waals surface area contributed by atoms with Crippen LogP contribution in [0.2, 0.25) is 0 Å². The summed E-state index contributed by atoms with van der Waals surface area (Å²) in [6.07, 6.45) is 8.68. The van der Waals surface area contributed by atoms with Gasteiger partial charge in [0.1, 0.15) is 23.0 Å². The first kappa shape index (κ1) is 54.5. The SMILES string of the molecule is CCCC1(CCC)c2cc(-c3c(CC)cc4c(c3CC)C3(OC(=O)c5ccccc53)c3cc(CC(C)(C)C)ccc3O4)ccc2-c2ccc(-c3c(CC)cc4c(c3CC)C3(OC(=O)c5ccccc53)c3cc(CC(C)(C)C)ccc3O4)cc21. The maximum Gasteiger partial charge on any atom is 0.340 e. The van der Waals surface area contributed by atoms with Gasteiger partial charge < -0.3 is 18.9 Å². The van der Waals surface area contributed by atoms with E-state index in [4.69, 9.17) is 18.9 Å². The van der Waals surface area contributed by atoms with E-state index in [2.05, 4.69) is 180 Å². The van der Waals surface area contributed by atoms with Crippen LogP contribution in [0.15, 0.2) is 133 Å². The highest BCUT2D eigenvalue weighted by atomic mass is 16.6. The van der Waals surface area contributed by atoms with Crippen LogP contribution in [0, 0.1) is 10.8 Å². The Hall–Kier alpha value is -7.70. The molecule has 4 heterocycles. The number of carbonyl (C=O) groups is 2.